The SMILES string of the molecule is CCN(CCC(C)CN1CCNCC1(C)C)c1cc(-c2n[nH]c3ccc(O)cc23)ncn1. The molecule has 1 unspecified atom stereocenters. The number of nitrogens with zero attached hydrogens (tertiary/aromatic N) is 5. The number of piperazine rings is 1. The van der Waals surface area contributed by atoms with Gasteiger partial charge in [0.15, 0.2) is 0 Å². The molecule has 1 fully saturated rings. The highest BCUT2D eigenvalue weighted by Gasteiger charge is 2.30. The second kappa shape index (κ2) is 9.42. The van der Waals surface area contributed by atoms with Crippen LogP contribution in [0.4, 0.5) is 5.82 Å². The summed E-state index contributed by atoms with van der Waals surface area (Å²) in [5.41, 5.74) is 2.56. The Balaban J connectivity index is 1.45. The van der Waals surface area contributed by atoms with E-state index in [4.69, 9.17) is 0 Å². The van der Waals surface area contributed by atoms with Gasteiger partial charge in [-0.2, -0.15) is 5.10 Å². The molecule has 3 heterocycles. The van der Waals surface area contributed by atoms with E-state index < -0.39 is 0 Å². The minimum atomic E-state index is 0.208. The van der Waals surface area contributed by atoms with Crippen LogP contribution in [0.15, 0.2) is 30.6 Å². The topological polar surface area (TPSA) is 93.2 Å². The van der Waals surface area contributed by atoms with Crippen molar-refractivity contribution in [3.8, 4) is 17.1 Å². The van der Waals surface area contributed by atoms with Crippen LogP contribution in [0.2, 0.25) is 0 Å². The molecule has 1 aromatic carbocycles. The second-order valence-corrected chi connectivity index (χ2v) is 9.47. The number of aromatic nitrogens is 4. The van der Waals surface area contributed by atoms with Crippen LogP contribution in [0.5, 0.6) is 5.75 Å². The van der Waals surface area contributed by atoms with Crippen molar-refractivity contribution in [2.75, 3.05) is 44.2 Å². The maximum absolute atomic E-state index is 9.88. The van der Waals surface area contributed by atoms with Gasteiger partial charge in [-0.05, 0) is 51.3 Å². The fraction of sp³-hybridized carbons (Fsp3) is 0.542. The lowest BCUT2D eigenvalue weighted by atomic mass is 9.97. The van der Waals surface area contributed by atoms with Crippen molar-refractivity contribution in [1.29, 1.82) is 0 Å². The average molecular weight is 438 g/mol. The van der Waals surface area contributed by atoms with Crippen LogP contribution in [-0.4, -0.2) is 75.0 Å². The Bertz CT molecular complexity index is 1050. The predicted octanol–water partition coefficient (Wildman–Crippen LogP) is 3.26. The van der Waals surface area contributed by atoms with E-state index in [0.717, 1.165) is 73.8 Å². The zero-order valence-electron chi connectivity index (χ0n) is 19.6. The Hall–Kier alpha value is -2.71. The van der Waals surface area contributed by atoms with Crippen molar-refractivity contribution in [2.24, 2.45) is 5.92 Å². The van der Waals surface area contributed by atoms with Gasteiger partial charge in [-0.15, -0.1) is 0 Å². The van der Waals surface area contributed by atoms with Crippen LogP contribution < -0.4 is 10.2 Å². The zero-order chi connectivity index (χ0) is 22.7. The summed E-state index contributed by atoms with van der Waals surface area (Å²) in [6.45, 7) is 15.3. The normalized spacial score (nSPS) is 17.5. The van der Waals surface area contributed by atoms with E-state index in [1.165, 1.54) is 0 Å². The number of rotatable bonds is 8. The third-order valence-electron chi connectivity index (χ3n) is 6.54. The van der Waals surface area contributed by atoms with Crippen LogP contribution in [-0.2, 0) is 0 Å². The lowest BCUT2D eigenvalue weighted by molar-refractivity contribution is 0.0743. The maximum Gasteiger partial charge on any atom is 0.132 e. The molecule has 2 aromatic heterocycles. The van der Waals surface area contributed by atoms with Crippen molar-refractivity contribution in [3.63, 3.8) is 0 Å². The minimum absolute atomic E-state index is 0.208. The van der Waals surface area contributed by atoms with Crippen LogP contribution in [0.3, 0.4) is 0 Å². The highest BCUT2D eigenvalue weighted by atomic mass is 16.3. The maximum atomic E-state index is 9.88. The Morgan fingerprint density at radius 2 is 2.09 bits per heavy atom. The molecule has 0 amide bonds. The standard InChI is InChI=1S/C24H35N7O/c1-5-30(10-8-17(2)14-31-11-9-25-15-24(31,3)4)22-13-21(26-16-27-22)23-19-12-18(32)6-7-20(19)28-29-23/h6-7,12-13,16-17,25,32H,5,8-11,14-15H2,1-4H3,(H,28,29). The van der Waals surface area contributed by atoms with Gasteiger partial charge in [-0.25, -0.2) is 9.97 Å². The summed E-state index contributed by atoms with van der Waals surface area (Å²) in [6, 6.07) is 7.18. The number of H-pyrrole nitrogens is 1. The molecule has 8 nitrogen and oxygen atoms in total. The summed E-state index contributed by atoms with van der Waals surface area (Å²) in [7, 11) is 0. The molecule has 0 bridgehead atoms. The van der Waals surface area contributed by atoms with Gasteiger partial charge in [0.05, 0.1) is 11.2 Å². The van der Waals surface area contributed by atoms with E-state index in [9.17, 15) is 5.11 Å². The summed E-state index contributed by atoms with van der Waals surface area (Å²) < 4.78 is 0. The molecule has 1 aliphatic rings. The van der Waals surface area contributed by atoms with Crippen molar-refractivity contribution < 1.29 is 5.11 Å². The van der Waals surface area contributed by atoms with E-state index in [2.05, 4.69) is 63.0 Å². The average Bonchev–Trinajstić information content (AvgIpc) is 3.19. The van der Waals surface area contributed by atoms with Gasteiger partial charge in [0, 0.05) is 56.3 Å². The fourth-order valence-electron chi connectivity index (χ4n) is 4.49. The summed E-state index contributed by atoms with van der Waals surface area (Å²) in [5.74, 6) is 1.72. The largest absolute Gasteiger partial charge is 0.508 e. The molecule has 0 saturated carbocycles. The monoisotopic (exact) mass is 437 g/mol. The number of hydrogen-bond donors (Lipinski definition) is 3. The summed E-state index contributed by atoms with van der Waals surface area (Å²) in [4.78, 5) is 13.9. The van der Waals surface area contributed by atoms with Crippen molar-refractivity contribution in [3.05, 3.63) is 30.6 Å². The fourth-order valence-corrected chi connectivity index (χ4v) is 4.49. The molecule has 0 aliphatic carbocycles. The number of nitrogens with one attached hydrogen (secondary N) is 2. The lowest BCUT2D eigenvalue weighted by Gasteiger charge is -2.44. The molecule has 3 aromatic rings. The Kier molecular flexibility index (Phi) is 6.62. The van der Waals surface area contributed by atoms with E-state index in [1.54, 1.807) is 18.5 Å². The van der Waals surface area contributed by atoms with Gasteiger partial charge in [-0.1, -0.05) is 6.92 Å². The number of hydrogen-bond acceptors (Lipinski definition) is 7. The van der Waals surface area contributed by atoms with Gasteiger partial charge in [0.1, 0.15) is 23.6 Å². The molecule has 8 heteroatoms. The first-order chi connectivity index (χ1) is 15.4. The number of fused-ring (bicyclic) bond motifs is 1. The number of aromatic hydroxyl groups is 1. The van der Waals surface area contributed by atoms with E-state index in [-0.39, 0.29) is 11.3 Å². The third kappa shape index (κ3) is 4.86. The Morgan fingerprint density at radius 1 is 1.25 bits per heavy atom. The predicted molar refractivity (Wildman–Crippen MR) is 129 cm³/mol. The quantitative estimate of drug-likeness (QED) is 0.498. The number of aromatic amines is 1. The van der Waals surface area contributed by atoms with Gasteiger partial charge >= 0.3 is 0 Å². The molecule has 3 N–H and O–H groups in total. The molecular weight excluding hydrogens is 402 g/mol. The first kappa shape index (κ1) is 22.5. The zero-order valence-corrected chi connectivity index (χ0v) is 19.6. The summed E-state index contributed by atoms with van der Waals surface area (Å²) in [5, 5.41) is 21.7. The molecule has 4 rings (SSSR count). The molecule has 1 aliphatic heterocycles. The first-order valence-corrected chi connectivity index (χ1v) is 11.6. The lowest BCUT2D eigenvalue weighted by Crippen LogP contribution is -2.58. The van der Waals surface area contributed by atoms with Crippen molar-refractivity contribution in [1.82, 2.24) is 30.4 Å². The van der Waals surface area contributed by atoms with E-state index in [1.807, 2.05) is 12.1 Å². The molecule has 0 spiro atoms. The van der Waals surface area contributed by atoms with Crippen molar-refractivity contribution in [2.45, 2.75) is 39.7 Å². The van der Waals surface area contributed by atoms with Crippen LogP contribution >= 0.6 is 0 Å². The molecule has 32 heavy (non-hydrogen) atoms. The first-order valence-electron chi connectivity index (χ1n) is 11.6. The third-order valence-corrected chi connectivity index (χ3v) is 6.54. The van der Waals surface area contributed by atoms with Gasteiger partial charge in [0.2, 0.25) is 0 Å². The summed E-state index contributed by atoms with van der Waals surface area (Å²) in [6.07, 6.45) is 2.70. The highest BCUT2D eigenvalue weighted by Crippen LogP contribution is 2.29. The van der Waals surface area contributed by atoms with Gasteiger partial charge in [0.25, 0.3) is 0 Å². The van der Waals surface area contributed by atoms with Crippen LogP contribution in [0, 0.1) is 5.92 Å². The van der Waals surface area contributed by atoms with Crippen molar-refractivity contribution >= 4 is 16.7 Å². The Morgan fingerprint density at radius 3 is 2.88 bits per heavy atom. The molecule has 0 radical (unpaired) electrons. The van der Waals surface area contributed by atoms with Crippen LogP contribution in [0.1, 0.15) is 34.1 Å². The molecule has 1 atom stereocenters. The smallest absolute Gasteiger partial charge is 0.132 e. The number of phenolic OH excluding ortho intramolecular Hbond substituents is 1. The minimum Gasteiger partial charge on any atom is -0.508 e. The highest BCUT2D eigenvalue weighted by molar-refractivity contribution is 5.93. The molecule has 1 saturated heterocycles. The van der Waals surface area contributed by atoms with Gasteiger partial charge < -0.3 is 15.3 Å². The number of anilines is 1. The molecular formula is C24H35N7O. The van der Waals surface area contributed by atoms with Crippen LogP contribution in [0.25, 0.3) is 22.3 Å². The van der Waals surface area contributed by atoms with E-state index in [0.29, 0.717) is 5.92 Å². The number of benzene rings is 1. The number of phenols is 1. The van der Waals surface area contributed by atoms with E-state index >= 15 is 0 Å². The summed E-state index contributed by atoms with van der Waals surface area (Å²) >= 11 is 0. The Labute approximate surface area is 190 Å². The molecule has 172 valence electrons. The second-order valence-electron chi connectivity index (χ2n) is 9.47. The van der Waals surface area contributed by atoms with Gasteiger partial charge in [-0.3, -0.25) is 10.00 Å².